The molecule has 0 radical (unpaired) electrons. The highest BCUT2D eigenvalue weighted by Crippen LogP contribution is 2.15. The Labute approximate surface area is 134 Å². The van der Waals surface area contributed by atoms with Crippen LogP contribution in [0.1, 0.15) is 27.3 Å². The number of carbonyl (C=O) groups excluding carboxylic acids is 1. The summed E-state index contributed by atoms with van der Waals surface area (Å²) in [4.78, 5) is 16.2. The van der Waals surface area contributed by atoms with Crippen LogP contribution in [0.15, 0.2) is 43.0 Å². The second-order valence-electron chi connectivity index (χ2n) is 5.29. The molecule has 0 aliphatic rings. The number of allylic oxidation sites excluding steroid dienone is 1. The van der Waals surface area contributed by atoms with Crippen LogP contribution in [-0.4, -0.2) is 30.3 Å². The zero-order valence-electron chi connectivity index (χ0n) is 13.3. The summed E-state index contributed by atoms with van der Waals surface area (Å²) in [5.41, 5.74) is 4.43. The van der Waals surface area contributed by atoms with E-state index in [1.807, 2.05) is 43.8 Å². The summed E-state index contributed by atoms with van der Waals surface area (Å²) < 4.78 is 3.46. The van der Waals surface area contributed by atoms with Crippen LogP contribution in [0.2, 0.25) is 0 Å². The molecule has 0 saturated heterocycles. The fourth-order valence-electron chi connectivity index (χ4n) is 2.41. The van der Waals surface area contributed by atoms with E-state index in [9.17, 15) is 4.79 Å². The summed E-state index contributed by atoms with van der Waals surface area (Å²) in [5.74, 6) is -0.0437. The number of hydrogen-bond acceptors (Lipinski definition) is 4. The Bertz CT molecular complexity index is 857. The zero-order valence-corrected chi connectivity index (χ0v) is 13.3. The molecule has 0 amide bonds. The van der Waals surface area contributed by atoms with E-state index in [2.05, 4.69) is 15.2 Å². The SMILES string of the molecule is Cc1nn(C)c(C)c1/C=C/C(=O)c1ccc(-n2cncn2)cc1. The fraction of sp³-hybridized carbons (Fsp3) is 0.176. The molecule has 23 heavy (non-hydrogen) atoms. The van der Waals surface area contributed by atoms with E-state index < -0.39 is 0 Å². The minimum absolute atomic E-state index is 0.0437. The van der Waals surface area contributed by atoms with Gasteiger partial charge in [-0.3, -0.25) is 9.48 Å². The Hall–Kier alpha value is -3.02. The van der Waals surface area contributed by atoms with Gasteiger partial charge in [-0.05, 0) is 50.3 Å². The first-order valence-electron chi connectivity index (χ1n) is 7.24. The lowest BCUT2D eigenvalue weighted by Gasteiger charge is -2.01. The highest BCUT2D eigenvalue weighted by molar-refractivity contribution is 6.07. The van der Waals surface area contributed by atoms with Gasteiger partial charge in [0.15, 0.2) is 5.78 Å². The molecule has 1 aromatic carbocycles. The van der Waals surface area contributed by atoms with E-state index in [1.165, 1.54) is 6.33 Å². The molecule has 0 aliphatic carbocycles. The van der Waals surface area contributed by atoms with Crippen molar-refractivity contribution in [2.45, 2.75) is 13.8 Å². The summed E-state index contributed by atoms with van der Waals surface area (Å²) in [6, 6.07) is 7.26. The average Bonchev–Trinajstić information content (AvgIpc) is 3.16. The number of ketones is 1. The number of hydrogen-bond donors (Lipinski definition) is 0. The Morgan fingerprint density at radius 3 is 2.48 bits per heavy atom. The van der Waals surface area contributed by atoms with E-state index >= 15 is 0 Å². The minimum Gasteiger partial charge on any atom is -0.289 e. The van der Waals surface area contributed by atoms with Crippen LogP contribution >= 0.6 is 0 Å². The molecule has 0 saturated carbocycles. The molecule has 3 rings (SSSR count). The van der Waals surface area contributed by atoms with Crippen molar-refractivity contribution in [1.82, 2.24) is 24.5 Å². The summed E-state index contributed by atoms with van der Waals surface area (Å²) in [5, 5.41) is 8.40. The van der Waals surface area contributed by atoms with E-state index in [0.717, 1.165) is 22.6 Å². The lowest BCUT2D eigenvalue weighted by Crippen LogP contribution is -1.98. The molecule has 6 nitrogen and oxygen atoms in total. The molecule has 0 spiro atoms. The van der Waals surface area contributed by atoms with Crippen LogP contribution in [0.4, 0.5) is 0 Å². The largest absolute Gasteiger partial charge is 0.289 e. The molecule has 0 unspecified atom stereocenters. The Morgan fingerprint density at radius 2 is 1.91 bits per heavy atom. The highest BCUT2D eigenvalue weighted by Gasteiger charge is 2.08. The topological polar surface area (TPSA) is 65.6 Å². The lowest BCUT2D eigenvalue weighted by atomic mass is 10.1. The summed E-state index contributed by atoms with van der Waals surface area (Å²) >= 11 is 0. The number of nitrogens with zero attached hydrogens (tertiary/aromatic N) is 5. The molecule has 2 heterocycles. The normalized spacial score (nSPS) is 11.3. The molecule has 0 aliphatic heterocycles. The van der Waals surface area contributed by atoms with Crippen molar-refractivity contribution in [2.24, 2.45) is 7.05 Å². The number of carbonyl (C=O) groups is 1. The third kappa shape index (κ3) is 2.96. The van der Waals surface area contributed by atoms with E-state index in [0.29, 0.717) is 5.56 Å². The quantitative estimate of drug-likeness (QED) is 0.549. The first-order chi connectivity index (χ1) is 11.1. The Kier molecular flexibility index (Phi) is 3.89. The highest BCUT2D eigenvalue weighted by atomic mass is 16.1. The van der Waals surface area contributed by atoms with Crippen LogP contribution in [0, 0.1) is 13.8 Å². The average molecular weight is 307 g/mol. The van der Waals surface area contributed by atoms with Gasteiger partial charge < -0.3 is 0 Å². The van der Waals surface area contributed by atoms with Gasteiger partial charge in [-0.15, -0.1) is 0 Å². The molecule has 3 aromatic rings. The van der Waals surface area contributed by atoms with Gasteiger partial charge in [0.1, 0.15) is 12.7 Å². The van der Waals surface area contributed by atoms with E-state index in [-0.39, 0.29) is 5.78 Å². The Balaban J connectivity index is 1.79. The van der Waals surface area contributed by atoms with Crippen LogP contribution in [0.25, 0.3) is 11.8 Å². The van der Waals surface area contributed by atoms with Crippen molar-refractivity contribution in [3.8, 4) is 5.69 Å². The maximum Gasteiger partial charge on any atom is 0.185 e. The summed E-state index contributed by atoms with van der Waals surface area (Å²) in [6.45, 7) is 3.92. The molecule has 2 aromatic heterocycles. The van der Waals surface area contributed by atoms with Gasteiger partial charge in [0, 0.05) is 23.9 Å². The molecular formula is C17H17N5O. The zero-order chi connectivity index (χ0) is 16.4. The number of benzene rings is 1. The maximum atomic E-state index is 12.3. The standard InChI is InChI=1S/C17H17N5O/c1-12-16(13(2)21(3)20-12)8-9-17(23)14-4-6-15(7-5-14)22-11-18-10-19-22/h4-11H,1-3H3/b9-8+. The second-order valence-corrected chi connectivity index (χ2v) is 5.29. The van der Waals surface area contributed by atoms with Crippen molar-refractivity contribution in [2.75, 3.05) is 0 Å². The van der Waals surface area contributed by atoms with Crippen molar-refractivity contribution in [3.63, 3.8) is 0 Å². The minimum atomic E-state index is -0.0437. The number of rotatable bonds is 4. The fourth-order valence-corrected chi connectivity index (χ4v) is 2.41. The summed E-state index contributed by atoms with van der Waals surface area (Å²) in [6.07, 6.45) is 6.50. The van der Waals surface area contributed by atoms with Gasteiger partial charge >= 0.3 is 0 Å². The van der Waals surface area contributed by atoms with Crippen LogP contribution < -0.4 is 0 Å². The lowest BCUT2D eigenvalue weighted by molar-refractivity contribution is 0.104. The van der Waals surface area contributed by atoms with Crippen molar-refractivity contribution < 1.29 is 4.79 Å². The van der Waals surface area contributed by atoms with Gasteiger partial charge in [0.25, 0.3) is 0 Å². The second kappa shape index (κ2) is 6.00. The smallest absolute Gasteiger partial charge is 0.185 e. The van der Waals surface area contributed by atoms with Gasteiger partial charge in [0.05, 0.1) is 11.4 Å². The maximum absolute atomic E-state index is 12.3. The molecule has 0 bridgehead atoms. The van der Waals surface area contributed by atoms with Crippen molar-refractivity contribution >= 4 is 11.9 Å². The third-order valence-electron chi connectivity index (χ3n) is 3.80. The van der Waals surface area contributed by atoms with Crippen LogP contribution in [-0.2, 0) is 7.05 Å². The third-order valence-corrected chi connectivity index (χ3v) is 3.80. The van der Waals surface area contributed by atoms with Crippen molar-refractivity contribution in [3.05, 3.63) is 65.5 Å². The van der Waals surface area contributed by atoms with Gasteiger partial charge in [-0.2, -0.15) is 10.2 Å². The Morgan fingerprint density at radius 1 is 1.17 bits per heavy atom. The molecule has 0 fully saturated rings. The first-order valence-corrected chi connectivity index (χ1v) is 7.24. The predicted octanol–water partition coefficient (Wildman–Crippen LogP) is 2.51. The molecular weight excluding hydrogens is 290 g/mol. The molecule has 116 valence electrons. The van der Waals surface area contributed by atoms with Gasteiger partial charge in [0.2, 0.25) is 0 Å². The number of aromatic nitrogens is 5. The molecule has 0 atom stereocenters. The first kappa shape index (κ1) is 14.9. The number of aryl methyl sites for hydroxylation is 2. The monoisotopic (exact) mass is 307 g/mol. The molecule has 0 N–H and O–H groups in total. The van der Waals surface area contributed by atoms with Gasteiger partial charge in [-0.25, -0.2) is 9.67 Å². The predicted molar refractivity (Wildman–Crippen MR) is 87.4 cm³/mol. The van der Waals surface area contributed by atoms with Crippen LogP contribution in [0.5, 0.6) is 0 Å². The molecule has 6 heteroatoms. The van der Waals surface area contributed by atoms with Crippen molar-refractivity contribution in [1.29, 1.82) is 0 Å². The van der Waals surface area contributed by atoms with E-state index in [1.54, 1.807) is 29.2 Å². The summed E-state index contributed by atoms with van der Waals surface area (Å²) in [7, 11) is 1.89. The van der Waals surface area contributed by atoms with Crippen LogP contribution in [0.3, 0.4) is 0 Å². The van der Waals surface area contributed by atoms with Gasteiger partial charge in [-0.1, -0.05) is 0 Å². The van der Waals surface area contributed by atoms with E-state index in [4.69, 9.17) is 0 Å².